The smallest absolute Gasteiger partial charge is 0.296 e. The van der Waals surface area contributed by atoms with Gasteiger partial charge >= 0.3 is 0 Å². The fraction of sp³-hybridized carbons (Fsp3) is 0.276. The van der Waals surface area contributed by atoms with Crippen LogP contribution in [0.4, 0.5) is 5.82 Å². The van der Waals surface area contributed by atoms with Crippen molar-refractivity contribution in [2.45, 2.75) is 45.6 Å². The minimum atomic E-state index is -0.694. The molecule has 0 radical (unpaired) electrons. The summed E-state index contributed by atoms with van der Waals surface area (Å²) in [6.45, 7) is 4.76. The summed E-state index contributed by atoms with van der Waals surface area (Å²) in [6.07, 6.45) is 6.22. The van der Waals surface area contributed by atoms with Gasteiger partial charge in [-0.05, 0) is 60.9 Å². The fourth-order valence-electron chi connectivity index (χ4n) is 4.56. The van der Waals surface area contributed by atoms with E-state index in [0.29, 0.717) is 28.4 Å². The Balaban J connectivity index is 1.57. The van der Waals surface area contributed by atoms with Crippen molar-refractivity contribution >= 4 is 34.3 Å². The lowest BCUT2D eigenvalue weighted by atomic mass is 9.98. The number of benzene rings is 2. The predicted octanol–water partition coefficient (Wildman–Crippen LogP) is 6.86. The van der Waals surface area contributed by atoms with E-state index in [1.807, 2.05) is 37.3 Å². The van der Waals surface area contributed by atoms with Crippen LogP contribution in [-0.2, 0) is 0 Å². The number of hydrogen-bond acceptors (Lipinski definition) is 5. The Labute approximate surface area is 214 Å². The molecule has 1 aliphatic rings. The number of carbonyl (C=O) groups is 1. The van der Waals surface area contributed by atoms with Crippen LogP contribution < -0.4 is 15.1 Å². The Hall–Kier alpha value is -3.64. The van der Waals surface area contributed by atoms with Crippen molar-refractivity contribution in [2.24, 2.45) is 0 Å². The largest absolute Gasteiger partial charge is 0.494 e. The molecule has 1 aliphatic heterocycles. The summed E-state index contributed by atoms with van der Waals surface area (Å²) in [5, 5.41) is 0.762. The average molecular weight is 503 g/mol. The number of hydrogen-bond donors (Lipinski definition) is 0. The standard InChI is InChI=1S/C29H27ClN2O4/c1-3-4-5-6-15-35-21-11-8-19(9-12-21)26-25-27(33)22-16-20(30)10-13-23(22)36-28(25)29(34)32(26)24-14-7-18(2)17-31-24/h7-14,16-17,26H,3-6,15H2,1-2H3. The first-order valence-corrected chi connectivity index (χ1v) is 12.6. The molecule has 1 amide bonds. The lowest BCUT2D eigenvalue weighted by molar-refractivity contribution is 0.0970. The van der Waals surface area contributed by atoms with E-state index in [2.05, 4.69) is 11.9 Å². The van der Waals surface area contributed by atoms with Gasteiger partial charge in [-0.25, -0.2) is 4.98 Å². The molecule has 184 valence electrons. The van der Waals surface area contributed by atoms with E-state index in [4.69, 9.17) is 20.8 Å². The molecular weight excluding hydrogens is 476 g/mol. The number of amides is 1. The highest BCUT2D eigenvalue weighted by molar-refractivity contribution is 6.31. The van der Waals surface area contributed by atoms with E-state index < -0.39 is 11.9 Å². The van der Waals surface area contributed by atoms with Crippen LogP contribution in [0.3, 0.4) is 0 Å². The molecule has 2 aromatic carbocycles. The van der Waals surface area contributed by atoms with Crippen LogP contribution in [0.15, 0.2) is 70.0 Å². The normalized spacial score (nSPS) is 14.9. The third kappa shape index (κ3) is 4.49. The molecule has 3 heterocycles. The Morgan fingerprint density at radius 3 is 2.56 bits per heavy atom. The molecule has 5 rings (SSSR count). The second-order valence-corrected chi connectivity index (χ2v) is 9.50. The highest BCUT2D eigenvalue weighted by atomic mass is 35.5. The van der Waals surface area contributed by atoms with E-state index in [0.717, 1.165) is 29.7 Å². The molecule has 0 saturated heterocycles. The van der Waals surface area contributed by atoms with Crippen molar-refractivity contribution in [2.75, 3.05) is 11.5 Å². The van der Waals surface area contributed by atoms with E-state index >= 15 is 0 Å². The molecule has 2 aromatic heterocycles. The molecule has 4 aromatic rings. The predicted molar refractivity (Wildman–Crippen MR) is 141 cm³/mol. The maximum Gasteiger partial charge on any atom is 0.296 e. The van der Waals surface area contributed by atoms with Gasteiger partial charge in [0.2, 0.25) is 5.76 Å². The first kappa shape index (κ1) is 24.1. The molecule has 1 unspecified atom stereocenters. The zero-order chi connectivity index (χ0) is 25.2. The van der Waals surface area contributed by atoms with Gasteiger partial charge in [-0.1, -0.05) is 56.0 Å². The van der Waals surface area contributed by atoms with Gasteiger partial charge in [0.15, 0.2) is 5.43 Å². The monoisotopic (exact) mass is 502 g/mol. The third-order valence-electron chi connectivity index (χ3n) is 6.44. The summed E-state index contributed by atoms with van der Waals surface area (Å²) in [5.74, 6) is 0.812. The van der Waals surface area contributed by atoms with Gasteiger partial charge in [0.1, 0.15) is 17.2 Å². The van der Waals surface area contributed by atoms with Crippen molar-refractivity contribution in [3.63, 3.8) is 0 Å². The minimum absolute atomic E-state index is 0.0263. The quantitative estimate of drug-likeness (QED) is 0.246. The van der Waals surface area contributed by atoms with Crippen LogP contribution in [0.5, 0.6) is 5.75 Å². The molecule has 0 saturated carbocycles. The molecule has 36 heavy (non-hydrogen) atoms. The molecule has 1 atom stereocenters. The molecule has 0 N–H and O–H groups in total. The van der Waals surface area contributed by atoms with Gasteiger partial charge in [-0.3, -0.25) is 14.5 Å². The number of carbonyl (C=O) groups excluding carboxylic acids is 1. The number of nitrogens with zero attached hydrogens (tertiary/aromatic N) is 2. The number of ether oxygens (including phenoxy) is 1. The first-order chi connectivity index (χ1) is 17.5. The number of pyridine rings is 1. The SMILES string of the molecule is CCCCCCOc1ccc(C2c3c(oc4ccc(Cl)cc4c3=O)C(=O)N2c2ccc(C)cn2)cc1. The van der Waals surface area contributed by atoms with E-state index in [1.165, 1.54) is 17.7 Å². The van der Waals surface area contributed by atoms with Gasteiger partial charge in [0.25, 0.3) is 5.91 Å². The third-order valence-corrected chi connectivity index (χ3v) is 6.67. The lowest BCUT2D eigenvalue weighted by Crippen LogP contribution is -2.30. The Morgan fingerprint density at radius 2 is 1.83 bits per heavy atom. The number of halogens is 1. The zero-order valence-corrected chi connectivity index (χ0v) is 21.0. The zero-order valence-electron chi connectivity index (χ0n) is 20.3. The van der Waals surface area contributed by atoms with Crippen molar-refractivity contribution in [3.8, 4) is 5.75 Å². The highest BCUT2D eigenvalue weighted by Gasteiger charge is 2.44. The number of rotatable bonds is 8. The van der Waals surface area contributed by atoms with Crippen molar-refractivity contribution in [3.05, 3.63) is 98.5 Å². The van der Waals surface area contributed by atoms with E-state index in [-0.39, 0.29) is 16.8 Å². The van der Waals surface area contributed by atoms with Crippen molar-refractivity contribution < 1.29 is 13.9 Å². The van der Waals surface area contributed by atoms with Gasteiger partial charge in [-0.2, -0.15) is 0 Å². The number of aromatic nitrogens is 1. The molecule has 0 aliphatic carbocycles. The van der Waals surface area contributed by atoms with Gasteiger partial charge in [0.05, 0.1) is 23.6 Å². The number of anilines is 1. The summed E-state index contributed by atoms with van der Waals surface area (Å²) in [7, 11) is 0. The number of aryl methyl sites for hydroxylation is 1. The highest BCUT2D eigenvalue weighted by Crippen LogP contribution is 2.41. The summed E-state index contributed by atoms with van der Waals surface area (Å²) >= 11 is 6.17. The maximum absolute atomic E-state index is 13.7. The van der Waals surface area contributed by atoms with Gasteiger partial charge < -0.3 is 9.15 Å². The first-order valence-electron chi connectivity index (χ1n) is 12.2. The molecule has 7 heteroatoms. The molecular formula is C29H27ClN2O4. The fourth-order valence-corrected chi connectivity index (χ4v) is 4.74. The van der Waals surface area contributed by atoms with Crippen molar-refractivity contribution in [1.29, 1.82) is 0 Å². The van der Waals surface area contributed by atoms with Crippen LogP contribution in [-0.4, -0.2) is 17.5 Å². The lowest BCUT2D eigenvalue weighted by Gasteiger charge is -2.24. The van der Waals surface area contributed by atoms with E-state index in [9.17, 15) is 9.59 Å². The Morgan fingerprint density at radius 1 is 1.03 bits per heavy atom. The van der Waals surface area contributed by atoms with E-state index in [1.54, 1.807) is 30.5 Å². The molecule has 6 nitrogen and oxygen atoms in total. The van der Waals surface area contributed by atoms with Crippen LogP contribution in [0.1, 0.15) is 65.9 Å². The summed E-state index contributed by atoms with van der Waals surface area (Å²) in [4.78, 5) is 33.3. The molecule has 0 fully saturated rings. The number of unbranched alkanes of at least 4 members (excludes halogenated alkanes) is 3. The summed E-state index contributed by atoms with van der Waals surface area (Å²) in [6, 6.07) is 15.3. The number of fused-ring (bicyclic) bond motifs is 2. The van der Waals surface area contributed by atoms with Crippen LogP contribution in [0.25, 0.3) is 11.0 Å². The van der Waals surface area contributed by atoms with Crippen LogP contribution >= 0.6 is 11.6 Å². The minimum Gasteiger partial charge on any atom is -0.494 e. The maximum atomic E-state index is 13.7. The second kappa shape index (κ2) is 10.2. The Bertz CT molecular complexity index is 1460. The van der Waals surface area contributed by atoms with Gasteiger partial charge in [0, 0.05) is 11.2 Å². The van der Waals surface area contributed by atoms with Gasteiger partial charge in [-0.15, -0.1) is 0 Å². The molecule has 0 spiro atoms. The molecule has 0 bridgehead atoms. The van der Waals surface area contributed by atoms with Crippen molar-refractivity contribution in [1.82, 2.24) is 4.98 Å². The average Bonchev–Trinajstić information content (AvgIpc) is 3.18. The summed E-state index contributed by atoms with van der Waals surface area (Å²) < 4.78 is 11.9. The topological polar surface area (TPSA) is 72.6 Å². The van der Waals surface area contributed by atoms with Crippen LogP contribution in [0, 0.1) is 6.92 Å². The Kier molecular flexibility index (Phi) is 6.79. The van der Waals surface area contributed by atoms with Crippen LogP contribution in [0.2, 0.25) is 5.02 Å². The second-order valence-electron chi connectivity index (χ2n) is 9.06. The summed E-state index contributed by atoms with van der Waals surface area (Å²) in [5.41, 5.74) is 2.05.